The largest absolute Gasteiger partial charge is 0.338 e. The highest BCUT2D eigenvalue weighted by Crippen LogP contribution is 2.27. The van der Waals surface area contributed by atoms with E-state index in [0.717, 1.165) is 25.3 Å². The molecule has 0 bridgehead atoms. The van der Waals surface area contributed by atoms with Crippen molar-refractivity contribution < 1.29 is 4.79 Å². The number of urea groups is 1. The molecule has 2 rings (SSSR count). The molecular formula is C10H18N2O. The first-order valence-corrected chi connectivity index (χ1v) is 5.39. The molecule has 2 N–H and O–H groups in total. The van der Waals surface area contributed by atoms with Crippen LogP contribution in [0.1, 0.15) is 38.5 Å². The van der Waals surface area contributed by atoms with Gasteiger partial charge in [0.1, 0.15) is 0 Å². The fourth-order valence-corrected chi connectivity index (χ4v) is 1.87. The quantitative estimate of drug-likeness (QED) is 0.684. The van der Waals surface area contributed by atoms with E-state index in [4.69, 9.17) is 0 Å². The summed E-state index contributed by atoms with van der Waals surface area (Å²) in [5.41, 5.74) is 0. The fraction of sp³-hybridized carbons (Fsp3) is 0.900. The fourth-order valence-electron chi connectivity index (χ4n) is 1.87. The molecular weight excluding hydrogens is 164 g/mol. The molecule has 74 valence electrons. The van der Waals surface area contributed by atoms with Crippen LogP contribution in [0.15, 0.2) is 0 Å². The number of amides is 2. The lowest BCUT2D eigenvalue weighted by atomic mass is 10.2. The predicted octanol–water partition coefficient (Wildman–Crippen LogP) is 1.64. The van der Waals surface area contributed by atoms with Gasteiger partial charge in [-0.2, -0.15) is 0 Å². The summed E-state index contributed by atoms with van der Waals surface area (Å²) in [6, 6.07) is 0.484. The van der Waals surface area contributed by atoms with Gasteiger partial charge >= 0.3 is 6.03 Å². The molecule has 0 aliphatic heterocycles. The third-order valence-electron chi connectivity index (χ3n) is 2.94. The Bertz CT molecular complexity index is 183. The SMILES string of the molecule is O=C(NCC1CC1)NC1CCCC1. The van der Waals surface area contributed by atoms with Gasteiger partial charge in [0.05, 0.1) is 0 Å². The summed E-state index contributed by atoms with van der Waals surface area (Å²) in [7, 11) is 0. The molecule has 3 heteroatoms. The molecule has 3 nitrogen and oxygen atoms in total. The van der Waals surface area contributed by atoms with Gasteiger partial charge < -0.3 is 10.6 Å². The Labute approximate surface area is 79.3 Å². The van der Waals surface area contributed by atoms with E-state index in [1.807, 2.05) is 0 Å². The number of rotatable bonds is 3. The van der Waals surface area contributed by atoms with Crippen molar-refractivity contribution in [2.45, 2.75) is 44.6 Å². The Morgan fingerprint density at radius 1 is 1.15 bits per heavy atom. The van der Waals surface area contributed by atoms with Crippen molar-refractivity contribution in [1.29, 1.82) is 0 Å². The predicted molar refractivity (Wildman–Crippen MR) is 51.5 cm³/mol. The topological polar surface area (TPSA) is 41.1 Å². The van der Waals surface area contributed by atoms with Crippen molar-refractivity contribution in [2.75, 3.05) is 6.54 Å². The molecule has 2 amide bonds. The van der Waals surface area contributed by atoms with Crippen molar-refractivity contribution in [1.82, 2.24) is 10.6 Å². The van der Waals surface area contributed by atoms with Crippen LogP contribution in [0.5, 0.6) is 0 Å². The lowest BCUT2D eigenvalue weighted by molar-refractivity contribution is 0.236. The summed E-state index contributed by atoms with van der Waals surface area (Å²) < 4.78 is 0. The molecule has 0 radical (unpaired) electrons. The zero-order valence-corrected chi connectivity index (χ0v) is 8.01. The van der Waals surface area contributed by atoms with Crippen LogP contribution in [0.4, 0.5) is 4.79 Å². The number of nitrogens with one attached hydrogen (secondary N) is 2. The Morgan fingerprint density at radius 2 is 1.85 bits per heavy atom. The lowest BCUT2D eigenvalue weighted by Crippen LogP contribution is -2.41. The molecule has 0 unspecified atom stereocenters. The van der Waals surface area contributed by atoms with Crippen LogP contribution in [0.2, 0.25) is 0 Å². The smallest absolute Gasteiger partial charge is 0.315 e. The Hall–Kier alpha value is -0.730. The second-order valence-corrected chi connectivity index (χ2v) is 4.28. The van der Waals surface area contributed by atoms with Crippen LogP contribution in [0, 0.1) is 5.92 Å². The van der Waals surface area contributed by atoms with E-state index in [1.165, 1.54) is 25.7 Å². The van der Waals surface area contributed by atoms with Crippen molar-refractivity contribution in [3.8, 4) is 0 Å². The standard InChI is InChI=1S/C10H18N2O/c13-10(11-7-8-5-6-8)12-9-3-1-2-4-9/h8-9H,1-7H2,(H2,11,12,13). The lowest BCUT2D eigenvalue weighted by Gasteiger charge is -2.12. The average Bonchev–Trinajstić information content (AvgIpc) is 2.82. The van der Waals surface area contributed by atoms with E-state index in [2.05, 4.69) is 10.6 Å². The third kappa shape index (κ3) is 2.90. The monoisotopic (exact) mass is 182 g/mol. The zero-order valence-electron chi connectivity index (χ0n) is 8.01. The van der Waals surface area contributed by atoms with Gasteiger partial charge in [-0.25, -0.2) is 4.79 Å². The minimum atomic E-state index is 0.0406. The molecule has 0 atom stereocenters. The number of carbonyl (C=O) groups excluding carboxylic acids is 1. The maximum atomic E-state index is 11.3. The molecule has 2 aliphatic carbocycles. The minimum absolute atomic E-state index is 0.0406. The second-order valence-electron chi connectivity index (χ2n) is 4.28. The second kappa shape index (κ2) is 3.99. The molecule has 13 heavy (non-hydrogen) atoms. The summed E-state index contributed by atoms with van der Waals surface area (Å²) in [5.74, 6) is 0.773. The van der Waals surface area contributed by atoms with Gasteiger partial charge in [-0.1, -0.05) is 12.8 Å². The summed E-state index contributed by atoms with van der Waals surface area (Å²) >= 11 is 0. The van der Waals surface area contributed by atoms with Gasteiger partial charge in [0.25, 0.3) is 0 Å². The van der Waals surface area contributed by atoms with Crippen molar-refractivity contribution in [3.05, 3.63) is 0 Å². The number of hydrogen-bond acceptors (Lipinski definition) is 1. The molecule has 2 aliphatic rings. The van der Waals surface area contributed by atoms with Crippen molar-refractivity contribution in [3.63, 3.8) is 0 Å². The van der Waals surface area contributed by atoms with Crippen LogP contribution in [-0.2, 0) is 0 Å². The van der Waals surface area contributed by atoms with Gasteiger partial charge in [-0.3, -0.25) is 0 Å². The zero-order chi connectivity index (χ0) is 9.10. The van der Waals surface area contributed by atoms with E-state index in [1.54, 1.807) is 0 Å². The molecule has 0 aromatic carbocycles. The summed E-state index contributed by atoms with van der Waals surface area (Å²) in [6.07, 6.45) is 7.46. The normalized spacial score (nSPS) is 23.1. The maximum absolute atomic E-state index is 11.3. The van der Waals surface area contributed by atoms with E-state index in [-0.39, 0.29) is 6.03 Å². The van der Waals surface area contributed by atoms with Gasteiger partial charge in [0.15, 0.2) is 0 Å². The van der Waals surface area contributed by atoms with E-state index < -0.39 is 0 Å². The summed E-state index contributed by atoms with van der Waals surface area (Å²) in [6.45, 7) is 0.874. The van der Waals surface area contributed by atoms with Crippen LogP contribution in [-0.4, -0.2) is 18.6 Å². The highest BCUT2D eigenvalue weighted by atomic mass is 16.2. The Morgan fingerprint density at radius 3 is 2.46 bits per heavy atom. The van der Waals surface area contributed by atoms with Gasteiger partial charge in [0.2, 0.25) is 0 Å². The van der Waals surface area contributed by atoms with E-state index in [9.17, 15) is 4.79 Å². The molecule has 2 fully saturated rings. The van der Waals surface area contributed by atoms with E-state index in [0.29, 0.717) is 6.04 Å². The average molecular weight is 182 g/mol. The number of carbonyl (C=O) groups is 1. The Kier molecular flexibility index (Phi) is 2.71. The molecule has 0 aromatic rings. The maximum Gasteiger partial charge on any atom is 0.315 e. The van der Waals surface area contributed by atoms with Crippen LogP contribution in [0.25, 0.3) is 0 Å². The van der Waals surface area contributed by atoms with Crippen molar-refractivity contribution in [2.24, 2.45) is 5.92 Å². The third-order valence-corrected chi connectivity index (χ3v) is 2.94. The number of hydrogen-bond donors (Lipinski definition) is 2. The van der Waals surface area contributed by atoms with Crippen LogP contribution >= 0.6 is 0 Å². The molecule has 2 saturated carbocycles. The van der Waals surface area contributed by atoms with E-state index >= 15 is 0 Å². The van der Waals surface area contributed by atoms with Gasteiger partial charge in [-0.05, 0) is 31.6 Å². The molecule has 0 aromatic heterocycles. The summed E-state index contributed by atoms with van der Waals surface area (Å²) in [5, 5.41) is 5.93. The first kappa shape index (κ1) is 8.85. The molecule has 0 spiro atoms. The minimum Gasteiger partial charge on any atom is -0.338 e. The highest BCUT2D eigenvalue weighted by molar-refractivity contribution is 5.74. The first-order chi connectivity index (χ1) is 6.34. The van der Waals surface area contributed by atoms with Crippen LogP contribution in [0.3, 0.4) is 0 Å². The first-order valence-electron chi connectivity index (χ1n) is 5.39. The summed E-state index contributed by atoms with van der Waals surface area (Å²) in [4.78, 5) is 11.3. The van der Waals surface area contributed by atoms with Crippen molar-refractivity contribution >= 4 is 6.03 Å². The molecule has 0 saturated heterocycles. The van der Waals surface area contributed by atoms with Gasteiger partial charge in [0, 0.05) is 12.6 Å². The van der Waals surface area contributed by atoms with Crippen LogP contribution < -0.4 is 10.6 Å². The van der Waals surface area contributed by atoms with Gasteiger partial charge in [-0.15, -0.1) is 0 Å². The highest BCUT2D eigenvalue weighted by Gasteiger charge is 2.22. The Balaban J connectivity index is 1.59. The molecule has 0 heterocycles.